The van der Waals surface area contributed by atoms with Crippen LogP contribution < -0.4 is 5.32 Å². The van der Waals surface area contributed by atoms with Gasteiger partial charge in [-0.05, 0) is 43.2 Å². The first-order valence-corrected chi connectivity index (χ1v) is 7.19. The smallest absolute Gasteiger partial charge is 0.128 e. The second-order valence-electron chi connectivity index (χ2n) is 4.59. The van der Waals surface area contributed by atoms with Crippen molar-refractivity contribution in [1.29, 1.82) is 0 Å². The van der Waals surface area contributed by atoms with E-state index in [-0.39, 0.29) is 11.9 Å². The van der Waals surface area contributed by atoms with Crippen LogP contribution in [0.2, 0.25) is 15.1 Å². The molecule has 0 aliphatic carbocycles. The summed E-state index contributed by atoms with van der Waals surface area (Å²) in [5, 5.41) is 4.34. The van der Waals surface area contributed by atoms with Crippen LogP contribution in [-0.2, 0) is 0 Å². The monoisotopic (exact) mass is 331 g/mol. The van der Waals surface area contributed by atoms with E-state index in [4.69, 9.17) is 34.8 Å². The van der Waals surface area contributed by atoms with E-state index in [1.54, 1.807) is 25.1 Å². The first-order valence-electron chi connectivity index (χ1n) is 6.06. The molecule has 0 radical (unpaired) electrons. The van der Waals surface area contributed by atoms with Gasteiger partial charge < -0.3 is 5.32 Å². The second kappa shape index (κ2) is 6.21. The van der Waals surface area contributed by atoms with Gasteiger partial charge in [-0.1, -0.05) is 46.9 Å². The average molecular weight is 333 g/mol. The average Bonchev–Trinajstić information content (AvgIpc) is 2.40. The van der Waals surface area contributed by atoms with Gasteiger partial charge in [-0.2, -0.15) is 0 Å². The molecule has 2 rings (SSSR count). The quantitative estimate of drug-likeness (QED) is 0.653. The summed E-state index contributed by atoms with van der Waals surface area (Å²) in [6.45, 7) is 3.64. The lowest BCUT2D eigenvalue weighted by Crippen LogP contribution is -2.07. The van der Waals surface area contributed by atoms with Gasteiger partial charge in [-0.25, -0.2) is 4.39 Å². The summed E-state index contributed by atoms with van der Waals surface area (Å²) in [7, 11) is 0. The molecule has 1 nitrogen and oxygen atoms in total. The van der Waals surface area contributed by atoms with Crippen LogP contribution in [0.4, 0.5) is 10.1 Å². The number of aryl methyl sites for hydroxylation is 1. The van der Waals surface area contributed by atoms with E-state index in [1.807, 2.05) is 13.0 Å². The van der Waals surface area contributed by atoms with Crippen LogP contribution in [0.1, 0.15) is 24.1 Å². The molecule has 2 aromatic carbocycles. The predicted molar refractivity (Wildman–Crippen MR) is 84.6 cm³/mol. The Morgan fingerprint density at radius 2 is 1.75 bits per heavy atom. The van der Waals surface area contributed by atoms with Crippen molar-refractivity contribution in [2.24, 2.45) is 0 Å². The third-order valence-electron chi connectivity index (χ3n) is 3.09. The molecule has 5 heteroatoms. The molecule has 1 unspecified atom stereocenters. The molecule has 2 aromatic rings. The normalized spacial score (nSPS) is 12.3. The van der Waals surface area contributed by atoms with E-state index < -0.39 is 0 Å². The first kappa shape index (κ1) is 15.4. The van der Waals surface area contributed by atoms with Gasteiger partial charge in [0.2, 0.25) is 0 Å². The number of nitrogens with one attached hydrogen (secondary N) is 1. The van der Waals surface area contributed by atoms with Gasteiger partial charge in [0.15, 0.2) is 0 Å². The zero-order valence-corrected chi connectivity index (χ0v) is 13.2. The van der Waals surface area contributed by atoms with Gasteiger partial charge in [-0.15, -0.1) is 0 Å². The molecule has 1 atom stereocenters. The maximum Gasteiger partial charge on any atom is 0.128 e. The van der Waals surface area contributed by atoms with Gasteiger partial charge in [0.25, 0.3) is 0 Å². The lowest BCUT2D eigenvalue weighted by molar-refractivity contribution is 0.618. The summed E-state index contributed by atoms with van der Waals surface area (Å²) in [5.74, 6) is -0.248. The molecule has 0 amide bonds. The SMILES string of the molecule is Cc1ccc(NC(C)c2ccc(Cl)c(Cl)c2Cl)cc1F. The Kier molecular flexibility index (Phi) is 4.79. The Morgan fingerprint density at radius 3 is 2.40 bits per heavy atom. The molecule has 0 aromatic heterocycles. The van der Waals surface area contributed by atoms with Crippen molar-refractivity contribution in [3.05, 3.63) is 62.3 Å². The van der Waals surface area contributed by atoms with E-state index in [9.17, 15) is 4.39 Å². The predicted octanol–water partition coefficient (Wildman–Crippen LogP) is 6.27. The minimum atomic E-state index is -0.248. The highest BCUT2D eigenvalue weighted by Crippen LogP contribution is 2.36. The number of hydrogen-bond acceptors (Lipinski definition) is 1. The van der Waals surface area contributed by atoms with Crippen LogP contribution in [0.25, 0.3) is 0 Å². The molecule has 1 N–H and O–H groups in total. The molecule has 0 aliphatic heterocycles. The van der Waals surface area contributed by atoms with Crippen molar-refractivity contribution in [3.8, 4) is 0 Å². The fraction of sp³-hybridized carbons (Fsp3) is 0.200. The van der Waals surface area contributed by atoms with Crippen molar-refractivity contribution in [2.45, 2.75) is 19.9 Å². The summed E-state index contributed by atoms with van der Waals surface area (Å²) >= 11 is 18.1. The van der Waals surface area contributed by atoms with Gasteiger partial charge in [0, 0.05) is 5.69 Å². The van der Waals surface area contributed by atoms with Crippen LogP contribution in [0.15, 0.2) is 30.3 Å². The highest BCUT2D eigenvalue weighted by Gasteiger charge is 2.14. The summed E-state index contributed by atoms with van der Waals surface area (Å²) < 4.78 is 13.5. The fourth-order valence-electron chi connectivity index (χ4n) is 1.89. The van der Waals surface area contributed by atoms with E-state index in [0.717, 1.165) is 5.56 Å². The Bertz CT molecular complexity index is 643. The molecule has 0 saturated carbocycles. The molecule has 0 saturated heterocycles. The number of benzene rings is 2. The third-order valence-corrected chi connectivity index (χ3v) is 4.39. The van der Waals surface area contributed by atoms with Crippen LogP contribution in [0.3, 0.4) is 0 Å². The first-order chi connectivity index (χ1) is 9.40. The molecule has 0 heterocycles. The van der Waals surface area contributed by atoms with E-state index in [0.29, 0.717) is 26.3 Å². The summed E-state index contributed by atoms with van der Waals surface area (Å²) in [5.41, 5.74) is 2.10. The van der Waals surface area contributed by atoms with E-state index in [1.165, 1.54) is 6.07 Å². The van der Waals surface area contributed by atoms with Gasteiger partial charge >= 0.3 is 0 Å². The molecule has 106 valence electrons. The minimum absolute atomic E-state index is 0.126. The maximum absolute atomic E-state index is 13.5. The van der Waals surface area contributed by atoms with Crippen LogP contribution in [-0.4, -0.2) is 0 Å². The molecule has 0 bridgehead atoms. The minimum Gasteiger partial charge on any atom is -0.378 e. The van der Waals surface area contributed by atoms with Gasteiger partial charge in [-0.3, -0.25) is 0 Å². The topological polar surface area (TPSA) is 12.0 Å². The second-order valence-corrected chi connectivity index (χ2v) is 5.76. The number of halogens is 4. The fourth-order valence-corrected chi connectivity index (χ4v) is 2.59. The number of hydrogen-bond donors (Lipinski definition) is 1. The van der Waals surface area contributed by atoms with Gasteiger partial charge in [0.1, 0.15) is 5.82 Å². The molecule has 0 aliphatic rings. The van der Waals surface area contributed by atoms with Crippen molar-refractivity contribution in [2.75, 3.05) is 5.32 Å². The lowest BCUT2D eigenvalue weighted by atomic mass is 10.1. The van der Waals surface area contributed by atoms with E-state index >= 15 is 0 Å². The molecule has 0 fully saturated rings. The number of anilines is 1. The molecule has 0 spiro atoms. The largest absolute Gasteiger partial charge is 0.378 e. The van der Waals surface area contributed by atoms with E-state index in [2.05, 4.69) is 5.32 Å². The van der Waals surface area contributed by atoms with Crippen LogP contribution in [0, 0.1) is 12.7 Å². The number of rotatable bonds is 3. The Morgan fingerprint density at radius 1 is 1.05 bits per heavy atom. The van der Waals surface area contributed by atoms with Crippen LogP contribution in [0.5, 0.6) is 0 Å². The Balaban J connectivity index is 2.26. The van der Waals surface area contributed by atoms with Gasteiger partial charge in [0.05, 0.1) is 21.1 Å². The van der Waals surface area contributed by atoms with Crippen molar-refractivity contribution < 1.29 is 4.39 Å². The standard InChI is InChI=1S/C15H13Cl3FN/c1-8-3-4-10(7-13(8)19)20-9(2)11-5-6-12(16)15(18)14(11)17/h3-7,9,20H,1-2H3. The highest BCUT2D eigenvalue weighted by atomic mass is 35.5. The summed E-state index contributed by atoms with van der Waals surface area (Å²) in [4.78, 5) is 0. The zero-order valence-electron chi connectivity index (χ0n) is 11.0. The van der Waals surface area contributed by atoms with Crippen molar-refractivity contribution >= 4 is 40.5 Å². The zero-order chi connectivity index (χ0) is 14.9. The Hall–Kier alpha value is -0.960. The van der Waals surface area contributed by atoms with Crippen LogP contribution >= 0.6 is 34.8 Å². The molecular formula is C15H13Cl3FN. The Labute approximate surface area is 132 Å². The lowest BCUT2D eigenvalue weighted by Gasteiger charge is -2.18. The summed E-state index contributed by atoms with van der Waals surface area (Å²) in [6, 6.07) is 8.37. The van der Waals surface area contributed by atoms with Crippen molar-refractivity contribution in [3.63, 3.8) is 0 Å². The highest BCUT2D eigenvalue weighted by molar-refractivity contribution is 6.48. The summed E-state index contributed by atoms with van der Waals surface area (Å²) in [6.07, 6.45) is 0. The molecule has 20 heavy (non-hydrogen) atoms. The maximum atomic E-state index is 13.5. The third kappa shape index (κ3) is 3.20. The molecular weight excluding hydrogens is 320 g/mol. The van der Waals surface area contributed by atoms with Crippen molar-refractivity contribution in [1.82, 2.24) is 0 Å².